The SMILES string of the molecule is CCCC(=O)NC1=CC(c2ccc3[nH]nc(-c4nc5c(-n6cnc(C)c6)cncc5[nH]4)c3c2)=CNC1. The van der Waals surface area contributed by atoms with Crippen molar-refractivity contribution in [1.82, 2.24) is 45.3 Å². The minimum atomic E-state index is 0.0315. The number of imidazole rings is 2. The highest BCUT2D eigenvalue weighted by molar-refractivity contribution is 5.96. The van der Waals surface area contributed by atoms with Gasteiger partial charge in [0.1, 0.15) is 11.2 Å². The van der Waals surface area contributed by atoms with Crippen LogP contribution >= 0.6 is 0 Å². The number of pyridine rings is 1. The fraction of sp³-hybridized carbons (Fsp3) is 0.192. The van der Waals surface area contributed by atoms with Crippen molar-refractivity contribution in [2.45, 2.75) is 26.7 Å². The quantitative estimate of drug-likeness (QED) is 0.294. The minimum absolute atomic E-state index is 0.0315. The van der Waals surface area contributed by atoms with E-state index in [2.05, 4.69) is 41.8 Å². The molecule has 1 aliphatic heterocycles. The first-order chi connectivity index (χ1) is 17.6. The molecule has 0 radical (unpaired) electrons. The number of aromatic amines is 2. The maximum absolute atomic E-state index is 12.1. The van der Waals surface area contributed by atoms with Crippen molar-refractivity contribution in [2.75, 3.05) is 6.54 Å². The highest BCUT2D eigenvalue weighted by Crippen LogP contribution is 2.30. The van der Waals surface area contributed by atoms with Crippen LogP contribution in [0.25, 0.3) is 44.7 Å². The number of amides is 1. The summed E-state index contributed by atoms with van der Waals surface area (Å²) in [4.78, 5) is 29.0. The number of H-pyrrole nitrogens is 2. The molecule has 180 valence electrons. The Bertz CT molecular complexity index is 1670. The Hall–Kier alpha value is -4.73. The van der Waals surface area contributed by atoms with E-state index in [1.807, 2.05) is 49.0 Å². The second-order valence-corrected chi connectivity index (χ2v) is 8.84. The summed E-state index contributed by atoms with van der Waals surface area (Å²) < 4.78 is 1.92. The van der Waals surface area contributed by atoms with Gasteiger partial charge in [-0.3, -0.25) is 14.9 Å². The number of nitrogens with zero attached hydrogens (tertiary/aromatic N) is 5. The van der Waals surface area contributed by atoms with E-state index in [4.69, 9.17) is 4.98 Å². The fourth-order valence-electron chi connectivity index (χ4n) is 4.41. The Morgan fingerprint density at radius 1 is 1.22 bits per heavy atom. The summed E-state index contributed by atoms with van der Waals surface area (Å²) in [5.41, 5.74) is 7.84. The number of hydrogen-bond donors (Lipinski definition) is 4. The fourth-order valence-corrected chi connectivity index (χ4v) is 4.41. The Balaban J connectivity index is 1.38. The first-order valence-electron chi connectivity index (χ1n) is 11.9. The molecule has 10 nitrogen and oxygen atoms in total. The first kappa shape index (κ1) is 21.8. The molecule has 4 aromatic heterocycles. The second-order valence-electron chi connectivity index (χ2n) is 8.84. The number of carbonyl (C=O) groups excluding carboxylic acids is 1. The lowest BCUT2D eigenvalue weighted by atomic mass is 10.0. The van der Waals surface area contributed by atoms with E-state index in [-0.39, 0.29) is 5.91 Å². The van der Waals surface area contributed by atoms with Gasteiger partial charge in [0, 0.05) is 29.9 Å². The van der Waals surface area contributed by atoms with Crippen LogP contribution < -0.4 is 10.6 Å². The van der Waals surface area contributed by atoms with Gasteiger partial charge in [0.05, 0.1) is 47.7 Å². The molecule has 5 aromatic rings. The minimum Gasteiger partial charge on any atom is -0.385 e. The van der Waals surface area contributed by atoms with E-state index >= 15 is 0 Å². The Kier molecular flexibility index (Phi) is 5.33. The van der Waals surface area contributed by atoms with E-state index in [0.717, 1.165) is 62.3 Å². The predicted molar refractivity (Wildman–Crippen MR) is 138 cm³/mol. The molecule has 6 rings (SSSR count). The van der Waals surface area contributed by atoms with Crippen LogP contribution in [0.3, 0.4) is 0 Å². The molecule has 0 spiro atoms. The van der Waals surface area contributed by atoms with Crippen molar-refractivity contribution in [2.24, 2.45) is 0 Å². The van der Waals surface area contributed by atoms with E-state index in [9.17, 15) is 4.79 Å². The summed E-state index contributed by atoms with van der Waals surface area (Å²) in [6, 6.07) is 6.12. The van der Waals surface area contributed by atoms with Gasteiger partial charge in [-0.2, -0.15) is 5.10 Å². The normalized spacial score (nSPS) is 13.5. The van der Waals surface area contributed by atoms with Gasteiger partial charge >= 0.3 is 0 Å². The number of dihydropyridines is 1. The number of aromatic nitrogens is 7. The number of hydrogen-bond acceptors (Lipinski definition) is 6. The Morgan fingerprint density at radius 3 is 2.97 bits per heavy atom. The third kappa shape index (κ3) is 3.92. The third-order valence-electron chi connectivity index (χ3n) is 6.14. The molecule has 4 N–H and O–H groups in total. The van der Waals surface area contributed by atoms with Crippen molar-refractivity contribution in [3.63, 3.8) is 0 Å². The number of fused-ring (bicyclic) bond motifs is 2. The van der Waals surface area contributed by atoms with Crippen LogP contribution in [0.1, 0.15) is 31.0 Å². The molecular weight excluding hydrogens is 454 g/mol. The van der Waals surface area contributed by atoms with Crippen LogP contribution in [-0.4, -0.2) is 47.2 Å². The zero-order chi connectivity index (χ0) is 24.6. The standard InChI is InChI=1S/C26H25N9O/c1-3-4-23(36)30-18-7-17(9-27-10-18)16-5-6-20-19(8-16)24(34-33-20)26-31-21-11-28-12-22(25(21)32-26)35-13-15(2)29-14-35/h5-9,11-14,27H,3-4,10H2,1-2H3,(H,30,36)(H,31,32)(H,33,34). The highest BCUT2D eigenvalue weighted by Gasteiger charge is 2.17. The highest BCUT2D eigenvalue weighted by atomic mass is 16.1. The van der Waals surface area contributed by atoms with Crippen LogP contribution in [0, 0.1) is 6.92 Å². The first-order valence-corrected chi connectivity index (χ1v) is 11.9. The zero-order valence-corrected chi connectivity index (χ0v) is 20.0. The molecule has 0 bridgehead atoms. The number of rotatable bonds is 6. The number of benzene rings is 1. The lowest BCUT2D eigenvalue weighted by Gasteiger charge is -2.17. The lowest BCUT2D eigenvalue weighted by Crippen LogP contribution is -2.29. The molecule has 10 heteroatoms. The summed E-state index contributed by atoms with van der Waals surface area (Å²) in [5, 5.41) is 14.9. The summed E-state index contributed by atoms with van der Waals surface area (Å²) in [6.45, 7) is 4.53. The van der Waals surface area contributed by atoms with E-state index in [1.165, 1.54) is 0 Å². The van der Waals surface area contributed by atoms with Gasteiger partial charge in [-0.1, -0.05) is 13.0 Å². The van der Waals surface area contributed by atoms with Gasteiger partial charge < -0.3 is 20.2 Å². The predicted octanol–water partition coefficient (Wildman–Crippen LogP) is 3.74. The van der Waals surface area contributed by atoms with E-state index in [0.29, 0.717) is 18.8 Å². The van der Waals surface area contributed by atoms with Crippen LogP contribution in [0.15, 0.2) is 61.1 Å². The molecule has 1 aromatic carbocycles. The molecule has 1 amide bonds. The molecule has 1 aliphatic rings. The molecular formula is C26H25N9O. The maximum atomic E-state index is 12.1. The van der Waals surface area contributed by atoms with E-state index in [1.54, 1.807) is 18.7 Å². The van der Waals surface area contributed by atoms with E-state index < -0.39 is 0 Å². The monoisotopic (exact) mass is 479 g/mol. The summed E-state index contributed by atoms with van der Waals surface area (Å²) >= 11 is 0. The van der Waals surface area contributed by atoms with Crippen LogP contribution in [0.2, 0.25) is 0 Å². The molecule has 0 atom stereocenters. The smallest absolute Gasteiger partial charge is 0.224 e. The van der Waals surface area contributed by atoms with Crippen LogP contribution in [0.4, 0.5) is 0 Å². The molecule has 36 heavy (non-hydrogen) atoms. The summed E-state index contributed by atoms with van der Waals surface area (Å²) in [7, 11) is 0. The number of aryl methyl sites for hydroxylation is 1. The number of carbonyl (C=O) groups is 1. The van der Waals surface area contributed by atoms with Crippen molar-refractivity contribution < 1.29 is 4.79 Å². The molecule has 0 saturated heterocycles. The van der Waals surface area contributed by atoms with Gasteiger partial charge in [-0.05, 0) is 42.7 Å². The van der Waals surface area contributed by atoms with Gasteiger partial charge in [0.25, 0.3) is 0 Å². The average Bonchev–Trinajstić information content (AvgIpc) is 3.61. The largest absolute Gasteiger partial charge is 0.385 e. The van der Waals surface area contributed by atoms with Crippen molar-refractivity contribution in [3.8, 4) is 17.2 Å². The molecule has 0 fully saturated rings. The van der Waals surface area contributed by atoms with Crippen LogP contribution in [-0.2, 0) is 4.79 Å². The molecule has 0 unspecified atom stereocenters. The van der Waals surface area contributed by atoms with Crippen molar-refractivity contribution >= 4 is 33.4 Å². The van der Waals surface area contributed by atoms with Gasteiger partial charge in [-0.25, -0.2) is 9.97 Å². The average molecular weight is 480 g/mol. The maximum Gasteiger partial charge on any atom is 0.224 e. The van der Waals surface area contributed by atoms with Gasteiger partial charge in [-0.15, -0.1) is 0 Å². The van der Waals surface area contributed by atoms with Gasteiger partial charge in [0.2, 0.25) is 5.91 Å². The van der Waals surface area contributed by atoms with Gasteiger partial charge in [0.15, 0.2) is 5.82 Å². The third-order valence-corrected chi connectivity index (χ3v) is 6.14. The van der Waals surface area contributed by atoms with Crippen molar-refractivity contribution in [1.29, 1.82) is 0 Å². The Labute approximate surface area is 206 Å². The number of nitrogens with one attached hydrogen (secondary N) is 4. The topological polar surface area (TPSA) is 129 Å². The molecule has 5 heterocycles. The zero-order valence-electron chi connectivity index (χ0n) is 20.0. The van der Waals surface area contributed by atoms with Crippen LogP contribution in [0.5, 0.6) is 0 Å². The van der Waals surface area contributed by atoms with Crippen molar-refractivity contribution in [3.05, 3.63) is 72.3 Å². The summed E-state index contributed by atoms with van der Waals surface area (Å²) in [5.74, 6) is 0.683. The summed E-state index contributed by atoms with van der Waals surface area (Å²) in [6.07, 6.45) is 12.5. The second kappa shape index (κ2) is 8.81. The molecule has 0 saturated carbocycles. The lowest BCUT2D eigenvalue weighted by molar-refractivity contribution is -0.120. The molecule has 0 aliphatic carbocycles. The number of allylic oxidation sites excluding steroid dienone is 2. The Morgan fingerprint density at radius 2 is 2.14 bits per heavy atom.